The second-order valence-corrected chi connectivity index (χ2v) is 6.61. The minimum atomic E-state index is 0.108. The second-order valence-electron chi connectivity index (χ2n) is 6.61. The van der Waals surface area contributed by atoms with Gasteiger partial charge in [0, 0.05) is 38.8 Å². The summed E-state index contributed by atoms with van der Waals surface area (Å²) in [4.78, 5) is 19.2. The topological polar surface area (TPSA) is 38.8 Å². The predicted octanol–water partition coefficient (Wildman–Crippen LogP) is 2.09. The van der Waals surface area contributed by atoms with Crippen molar-refractivity contribution in [2.75, 3.05) is 52.4 Å². The molecule has 0 aromatic rings. The van der Waals surface area contributed by atoms with Crippen LogP contribution in [0.25, 0.3) is 0 Å². The molecule has 0 saturated carbocycles. The molecule has 1 fully saturated rings. The molecule has 1 aliphatic heterocycles. The van der Waals surface area contributed by atoms with Crippen LogP contribution >= 0.6 is 0 Å². The number of rotatable bonds is 8. The summed E-state index contributed by atoms with van der Waals surface area (Å²) < 4.78 is 0. The van der Waals surface area contributed by atoms with E-state index < -0.39 is 0 Å². The van der Waals surface area contributed by atoms with E-state index in [0.29, 0.717) is 12.0 Å². The van der Waals surface area contributed by atoms with Crippen molar-refractivity contribution in [2.45, 2.75) is 47.1 Å². The number of carbonyl (C=O) groups excluding carboxylic acids is 1. The molecule has 1 aliphatic rings. The average Bonchev–Trinajstić information content (AvgIpc) is 2.52. The van der Waals surface area contributed by atoms with Gasteiger partial charge in [-0.15, -0.1) is 0 Å². The Bertz CT molecular complexity index is 310. The number of hydrogen-bond acceptors (Lipinski definition) is 3. The Kier molecular flexibility index (Phi) is 8.79. The monoisotopic (exact) mass is 312 g/mol. The van der Waals surface area contributed by atoms with Gasteiger partial charge in [0.25, 0.3) is 0 Å². The Balaban J connectivity index is 2.44. The third-order valence-corrected chi connectivity index (χ3v) is 4.67. The van der Waals surface area contributed by atoms with Crippen molar-refractivity contribution in [3.63, 3.8) is 0 Å². The summed E-state index contributed by atoms with van der Waals surface area (Å²) in [6.07, 6.45) is 1.13. The number of amides is 2. The number of likely N-dealkylation sites (N-methyl/N-ethyl adjacent to an activating group) is 2. The largest absolute Gasteiger partial charge is 0.336 e. The van der Waals surface area contributed by atoms with Crippen LogP contribution in [0.4, 0.5) is 4.79 Å². The van der Waals surface area contributed by atoms with Crippen molar-refractivity contribution in [1.29, 1.82) is 0 Å². The van der Waals surface area contributed by atoms with Crippen LogP contribution in [0.2, 0.25) is 0 Å². The molecular weight excluding hydrogens is 276 g/mol. The number of hydrogen-bond donors (Lipinski definition) is 1. The zero-order chi connectivity index (χ0) is 16.5. The Labute approximate surface area is 137 Å². The van der Waals surface area contributed by atoms with Crippen LogP contribution in [0.15, 0.2) is 0 Å². The van der Waals surface area contributed by atoms with Crippen molar-refractivity contribution in [3.8, 4) is 0 Å². The van der Waals surface area contributed by atoms with E-state index in [0.717, 1.165) is 58.8 Å². The predicted molar refractivity (Wildman–Crippen MR) is 93.2 cm³/mol. The van der Waals surface area contributed by atoms with Gasteiger partial charge in [0.2, 0.25) is 0 Å². The van der Waals surface area contributed by atoms with E-state index >= 15 is 0 Å². The maximum absolute atomic E-state index is 12.4. The fourth-order valence-electron chi connectivity index (χ4n) is 3.23. The SMILES string of the molecule is CCN1CCN(C(=O)NC[C@H](CC(C)C)N(CC)CC)CC1. The van der Waals surface area contributed by atoms with Gasteiger partial charge in [0.15, 0.2) is 0 Å². The molecule has 1 heterocycles. The molecule has 0 aliphatic carbocycles. The summed E-state index contributed by atoms with van der Waals surface area (Å²) in [5.41, 5.74) is 0. The van der Waals surface area contributed by atoms with E-state index in [1.807, 2.05) is 4.90 Å². The molecule has 0 radical (unpaired) electrons. The molecule has 2 amide bonds. The van der Waals surface area contributed by atoms with E-state index in [9.17, 15) is 4.79 Å². The third-order valence-electron chi connectivity index (χ3n) is 4.67. The van der Waals surface area contributed by atoms with Crippen LogP contribution < -0.4 is 5.32 Å². The van der Waals surface area contributed by atoms with Gasteiger partial charge >= 0.3 is 6.03 Å². The smallest absolute Gasteiger partial charge is 0.317 e. The van der Waals surface area contributed by atoms with E-state index in [4.69, 9.17) is 0 Å². The highest BCUT2D eigenvalue weighted by atomic mass is 16.2. The van der Waals surface area contributed by atoms with Crippen molar-refractivity contribution in [2.24, 2.45) is 5.92 Å². The Morgan fingerprint density at radius 3 is 2.14 bits per heavy atom. The second kappa shape index (κ2) is 10.1. The molecule has 1 rings (SSSR count). The maximum atomic E-state index is 12.4. The zero-order valence-corrected chi connectivity index (χ0v) is 15.3. The average molecular weight is 313 g/mol. The van der Waals surface area contributed by atoms with Gasteiger partial charge < -0.3 is 15.1 Å². The first-order valence-corrected chi connectivity index (χ1v) is 9.00. The summed E-state index contributed by atoms with van der Waals surface area (Å²) >= 11 is 0. The molecule has 0 aromatic heterocycles. The number of nitrogens with one attached hydrogen (secondary N) is 1. The summed E-state index contributed by atoms with van der Waals surface area (Å²) in [7, 11) is 0. The highest BCUT2D eigenvalue weighted by molar-refractivity contribution is 5.74. The normalized spacial score (nSPS) is 18.0. The van der Waals surface area contributed by atoms with Crippen LogP contribution in [0.1, 0.15) is 41.0 Å². The lowest BCUT2D eigenvalue weighted by molar-refractivity contribution is 0.137. The van der Waals surface area contributed by atoms with E-state index in [2.05, 4.69) is 49.7 Å². The number of carbonyl (C=O) groups is 1. The first-order chi connectivity index (χ1) is 10.5. The van der Waals surface area contributed by atoms with E-state index in [1.165, 1.54) is 0 Å². The molecule has 0 aromatic carbocycles. The summed E-state index contributed by atoms with van der Waals surface area (Å²) in [5.74, 6) is 0.649. The minimum absolute atomic E-state index is 0.108. The number of piperazine rings is 1. The zero-order valence-electron chi connectivity index (χ0n) is 15.3. The van der Waals surface area contributed by atoms with Crippen LogP contribution in [-0.2, 0) is 0 Å². The highest BCUT2D eigenvalue weighted by Gasteiger charge is 2.22. The lowest BCUT2D eigenvalue weighted by atomic mass is 10.0. The quantitative estimate of drug-likeness (QED) is 0.746. The van der Waals surface area contributed by atoms with Gasteiger partial charge in [0.1, 0.15) is 0 Å². The van der Waals surface area contributed by atoms with E-state index in [-0.39, 0.29) is 6.03 Å². The fraction of sp³-hybridized carbons (Fsp3) is 0.941. The lowest BCUT2D eigenvalue weighted by Crippen LogP contribution is -2.53. The lowest BCUT2D eigenvalue weighted by Gasteiger charge is -2.35. The van der Waals surface area contributed by atoms with Gasteiger partial charge in [-0.25, -0.2) is 4.79 Å². The molecule has 0 spiro atoms. The van der Waals surface area contributed by atoms with Crippen LogP contribution in [0.3, 0.4) is 0 Å². The van der Waals surface area contributed by atoms with Crippen molar-refractivity contribution < 1.29 is 4.79 Å². The van der Waals surface area contributed by atoms with Gasteiger partial charge in [-0.2, -0.15) is 0 Å². The van der Waals surface area contributed by atoms with Crippen LogP contribution in [0.5, 0.6) is 0 Å². The highest BCUT2D eigenvalue weighted by Crippen LogP contribution is 2.11. The summed E-state index contributed by atoms with van der Waals surface area (Å²) in [6, 6.07) is 0.549. The summed E-state index contributed by atoms with van der Waals surface area (Å²) in [5, 5.41) is 3.17. The van der Waals surface area contributed by atoms with Crippen LogP contribution in [-0.4, -0.2) is 79.1 Å². The molecule has 1 N–H and O–H groups in total. The fourth-order valence-corrected chi connectivity index (χ4v) is 3.23. The minimum Gasteiger partial charge on any atom is -0.336 e. The summed E-state index contributed by atoms with van der Waals surface area (Å²) in [6.45, 7) is 18.7. The van der Waals surface area contributed by atoms with Gasteiger partial charge in [-0.3, -0.25) is 4.90 Å². The van der Waals surface area contributed by atoms with Crippen molar-refractivity contribution in [3.05, 3.63) is 0 Å². The molecule has 22 heavy (non-hydrogen) atoms. The van der Waals surface area contributed by atoms with Gasteiger partial charge in [0.05, 0.1) is 0 Å². The molecule has 130 valence electrons. The van der Waals surface area contributed by atoms with Gasteiger partial charge in [-0.1, -0.05) is 34.6 Å². The first-order valence-electron chi connectivity index (χ1n) is 9.00. The van der Waals surface area contributed by atoms with Crippen molar-refractivity contribution in [1.82, 2.24) is 20.0 Å². The standard InChI is InChI=1S/C17H36N4O/c1-6-19-9-11-21(12-10-19)17(22)18-14-16(13-15(4)5)20(7-2)8-3/h15-16H,6-14H2,1-5H3,(H,18,22)/t16-/m0/s1. The Morgan fingerprint density at radius 2 is 1.68 bits per heavy atom. The first kappa shape index (κ1) is 19.2. The molecule has 0 bridgehead atoms. The Morgan fingerprint density at radius 1 is 1.09 bits per heavy atom. The molecular formula is C17H36N4O. The van der Waals surface area contributed by atoms with Crippen LogP contribution in [0, 0.1) is 5.92 Å². The molecule has 0 unspecified atom stereocenters. The number of nitrogens with zero attached hydrogens (tertiary/aromatic N) is 3. The molecule has 1 atom stereocenters. The maximum Gasteiger partial charge on any atom is 0.317 e. The molecule has 5 nitrogen and oxygen atoms in total. The molecule has 1 saturated heterocycles. The Hall–Kier alpha value is -0.810. The van der Waals surface area contributed by atoms with Gasteiger partial charge in [-0.05, 0) is 32.0 Å². The number of urea groups is 1. The third kappa shape index (κ3) is 6.13. The molecule has 5 heteroatoms. The van der Waals surface area contributed by atoms with Crippen molar-refractivity contribution >= 4 is 6.03 Å². The van der Waals surface area contributed by atoms with E-state index in [1.54, 1.807) is 0 Å².